The Labute approximate surface area is 98.7 Å². The Bertz CT molecular complexity index is 406. The van der Waals surface area contributed by atoms with Crippen LogP contribution < -0.4 is 11.2 Å². The van der Waals surface area contributed by atoms with Crippen LogP contribution in [0.15, 0.2) is 24.3 Å². The molecule has 3 N–H and O–H groups in total. The number of carbonyl (C=O) groups is 2. The molecule has 0 aliphatic heterocycles. The third-order valence-electron chi connectivity index (χ3n) is 1.88. The first-order chi connectivity index (χ1) is 8.13. The van der Waals surface area contributed by atoms with Gasteiger partial charge in [-0.05, 0) is 17.7 Å². The van der Waals surface area contributed by atoms with Crippen molar-refractivity contribution in [3.8, 4) is 0 Å². The van der Waals surface area contributed by atoms with Crippen molar-refractivity contribution in [2.24, 2.45) is 5.73 Å². The molecule has 0 spiro atoms. The fourth-order valence-corrected chi connectivity index (χ4v) is 1.20. The van der Waals surface area contributed by atoms with Gasteiger partial charge in [-0.25, -0.2) is 5.48 Å². The lowest BCUT2D eigenvalue weighted by atomic mass is 10.1. The van der Waals surface area contributed by atoms with E-state index in [1.165, 1.54) is 0 Å². The lowest BCUT2D eigenvalue weighted by Crippen LogP contribution is -2.29. The van der Waals surface area contributed by atoms with Gasteiger partial charge in [0.25, 0.3) is 5.91 Å². The number of nitrogens with two attached hydrogens (primary N) is 1. The third-order valence-corrected chi connectivity index (χ3v) is 1.88. The second kappa shape index (κ2) is 6.62. The topological polar surface area (TPSA) is 90.7 Å². The molecule has 6 nitrogen and oxygen atoms in total. The molecular weight excluding hydrogens is 224 g/mol. The summed E-state index contributed by atoms with van der Waals surface area (Å²) < 4.78 is 4.95. The van der Waals surface area contributed by atoms with E-state index in [1.54, 1.807) is 25.3 Å². The van der Waals surface area contributed by atoms with Crippen molar-refractivity contribution < 1.29 is 19.2 Å². The van der Waals surface area contributed by atoms with E-state index in [9.17, 15) is 9.59 Å². The van der Waals surface area contributed by atoms with Crippen LogP contribution in [-0.4, -0.2) is 25.5 Å². The van der Waals surface area contributed by atoms with Gasteiger partial charge in [0.1, 0.15) is 0 Å². The zero-order valence-electron chi connectivity index (χ0n) is 9.43. The Morgan fingerprint density at radius 3 is 2.82 bits per heavy atom. The Morgan fingerprint density at radius 2 is 2.18 bits per heavy atom. The second-order valence-electron chi connectivity index (χ2n) is 3.32. The Kier molecular flexibility index (Phi) is 5.12. The molecule has 0 bridgehead atoms. The van der Waals surface area contributed by atoms with Gasteiger partial charge in [0.05, 0.1) is 6.61 Å². The molecule has 0 aliphatic rings. The lowest BCUT2D eigenvalue weighted by molar-refractivity contribution is -0.124. The maximum Gasteiger partial charge on any atom is 0.274 e. The van der Waals surface area contributed by atoms with Crippen LogP contribution >= 0.6 is 0 Å². The number of hydrogen-bond acceptors (Lipinski definition) is 4. The van der Waals surface area contributed by atoms with E-state index < -0.39 is 11.8 Å². The zero-order chi connectivity index (χ0) is 12.7. The van der Waals surface area contributed by atoms with Crippen LogP contribution in [0, 0.1) is 0 Å². The number of hydrogen-bond donors (Lipinski definition) is 2. The van der Waals surface area contributed by atoms with Gasteiger partial charge < -0.3 is 10.5 Å². The van der Waals surface area contributed by atoms with Gasteiger partial charge in [-0.1, -0.05) is 12.1 Å². The fraction of sp³-hybridized carbons (Fsp3) is 0.273. The van der Waals surface area contributed by atoms with Crippen molar-refractivity contribution in [3.05, 3.63) is 35.4 Å². The quantitative estimate of drug-likeness (QED) is 0.681. The van der Waals surface area contributed by atoms with E-state index >= 15 is 0 Å². The fourth-order valence-electron chi connectivity index (χ4n) is 1.20. The summed E-state index contributed by atoms with van der Waals surface area (Å²) in [5, 5.41) is 0. The first kappa shape index (κ1) is 13.1. The summed E-state index contributed by atoms with van der Waals surface area (Å²) in [7, 11) is 1.57. The number of ether oxygens (including phenoxy) is 1. The van der Waals surface area contributed by atoms with Gasteiger partial charge in [0.2, 0.25) is 5.91 Å². The molecular formula is C11H14N2O4. The number of amides is 2. The summed E-state index contributed by atoms with van der Waals surface area (Å²) in [6, 6.07) is 6.87. The van der Waals surface area contributed by atoms with Crippen LogP contribution in [0.4, 0.5) is 0 Å². The van der Waals surface area contributed by atoms with Gasteiger partial charge >= 0.3 is 0 Å². The van der Waals surface area contributed by atoms with Crippen LogP contribution in [0.25, 0.3) is 0 Å². The highest BCUT2D eigenvalue weighted by molar-refractivity contribution is 5.93. The number of benzene rings is 1. The normalized spacial score (nSPS) is 9.94. The molecule has 1 aromatic carbocycles. The molecule has 0 fully saturated rings. The molecule has 0 saturated carbocycles. The third kappa shape index (κ3) is 4.62. The van der Waals surface area contributed by atoms with Gasteiger partial charge in [0.15, 0.2) is 6.61 Å². The number of hydroxylamine groups is 1. The highest BCUT2D eigenvalue weighted by Gasteiger charge is 2.06. The molecule has 0 saturated heterocycles. The number of carbonyl (C=O) groups excluding carboxylic acids is 2. The molecule has 0 atom stereocenters. The molecule has 6 heteroatoms. The summed E-state index contributed by atoms with van der Waals surface area (Å²) in [6.07, 6.45) is 0. The minimum Gasteiger partial charge on any atom is -0.380 e. The highest BCUT2D eigenvalue weighted by atomic mass is 16.7. The molecule has 1 aromatic rings. The number of nitrogens with one attached hydrogen (secondary N) is 1. The monoisotopic (exact) mass is 238 g/mol. The van der Waals surface area contributed by atoms with E-state index in [2.05, 4.69) is 10.3 Å². The summed E-state index contributed by atoms with van der Waals surface area (Å²) >= 11 is 0. The van der Waals surface area contributed by atoms with E-state index in [1.807, 2.05) is 6.07 Å². The SMILES string of the molecule is COCc1cccc(C(=O)NOCC(N)=O)c1. The van der Waals surface area contributed by atoms with Crippen molar-refractivity contribution >= 4 is 11.8 Å². The molecule has 0 aromatic heterocycles. The Hall–Kier alpha value is -1.92. The van der Waals surface area contributed by atoms with Crippen LogP contribution in [0.2, 0.25) is 0 Å². The van der Waals surface area contributed by atoms with Crippen molar-refractivity contribution in [1.82, 2.24) is 5.48 Å². The minimum absolute atomic E-state index is 0.358. The van der Waals surface area contributed by atoms with Crippen LogP contribution in [0.1, 0.15) is 15.9 Å². The smallest absolute Gasteiger partial charge is 0.274 e. The van der Waals surface area contributed by atoms with Crippen molar-refractivity contribution in [2.75, 3.05) is 13.7 Å². The molecule has 0 unspecified atom stereocenters. The van der Waals surface area contributed by atoms with Gasteiger partial charge in [-0.3, -0.25) is 14.4 Å². The molecule has 0 heterocycles. The van der Waals surface area contributed by atoms with E-state index in [4.69, 9.17) is 10.5 Å². The Morgan fingerprint density at radius 1 is 1.41 bits per heavy atom. The molecule has 2 amide bonds. The lowest BCUT2D eigenvalue weighted by Gasteiger charge is -2.05. The standard InChI is InChI=1S/C11H14N2O4/c1-16-6-8-3-2-4-9(5-8)11(15)13-17-7-10(12)14/h2-5H,6-7H2,1H3,(H2,12,14)(H,13,15). The maximum absolute atomic E-state index is 11.6. The van der Waals surface area contributed by atoms with Crippen LogP contribution in [0.3, 0.4) is 0 Å². The summed E-state index contributed by atoms with van der Waals surface area (Å²) in [5.74, 6) is -1.09. The summed E-state index contributed by atoms with van der Waals surface area (Å²) in [6.45, 7) is 0.0623. The predicted molar refractivity (Wildman–Crippen MR) is 59.8 cm³/mol. The average Bonchev–Trinajstić information content (AvgIpc) is 2.29. The van der Waals surface area contributed by atoms with Crippen molar-refractivity contribution in [3.63, 3.8) is 0 Å². The van der Waals surface area contributed by atoms with E-state index in [-0.39, 0.29) is 6.61 Å². The van der Waals surface area contributed by atoms with Gasteiger partial charge in [-0.15, -0.1) is 0 Å². The number of primary amides is 1. The maximum atomic E-state index is 11.6. The van der Waals surface area contributed by atoms with Gasteiger partial charge in [0, 0.05) is 12.7 Å². The first-order valence-corrected chi connectivity index (χ1v) is 4.92. The average molecular weight is 238 g/mol. The van der Waals surface area contributed by atoms with E-state index in [0.29, 0.717) is 12.2 Å². The molecule has 1 rings (SSSR count). The minimum atomic E-state index is -0.654. The zero-order valence-corrected chi connectivity index (χ0v) is 9.43. The molecule has 92 valence electrons. The first-order valence-electron chi connectivity index (χ1n) is 4.92. The molecule has 0 aliphatic carbocycles. The highest BCUT2D eigenvalue weighted by Crippen LogP contribution is 2.06. The van der Waals surface area contributed by atoms with E-state index in [0.717, 1.165) is 5.56 Å². The van der Waals surface area contributed by atoms with Crippen LogP contribution in [0.5, 0.6) is 0 Å². The summed E-state index contributed by atoms with van der Waals surface area (Å²) in [4.78, 5) is 26.5. The summed E-state index contributed by atoms with van der Waals surface area (Å²) in [5.41, 5.74) is 8.26. The predicted octanol–water partition coefficient (Wildman–Crippen LogP) is -0.0203. The van der Waals surface area contributed by atoms with Crippen LogP contribution in [-0.2, 0) is 21.0 Å². The number of methoxy groups -OCH3 is 1. The Balaban J connectivity index is 2.56. The largest absolute Gasteiger partial charge is 0.380 e. The molecule has 0 radical (unpaired) electrons. The van der Waals surface area contributed by atoms with Crippen molar-refractivity contribution in [2.45, 2.75) is 6.61 Å². The second-order valence-corrected chi connectivity index (χ2v) is 3.32. The molecule has 17 heavy (non-hydrogen) atoms. The number of rotatable bonds is 6. The van der Waals surface area contributed by atoms with Gasteiger partial charge in [-0.2, -0.15) is 0 Å². The van der Waals surface area contributed by atoms with Crippen molar-refractivity contribution in [1.29, 1.82) is 0 Å².